The number of aromatic nitrogens is 1. The van der Waals surface area contributed by atoms with E-state index in [0.717, 1.165) is 16.9 Å². The van der Waals surface area contributed by atoms with Gasteiger partial charge in [-0.1, -0.05) is 66.5 Å². The van der Waals surface area contributed by atoms with Crippen LogP contribution in [0.4, 0.5) is 5.69 Å². The van der Waals surface area contributed by atoms with Crippen molar-refractivity contribution in [2.45, 2.75) is 13.0 Å². The van der Waals surface area contributed by atoms with Crippen LogP contribution in [-0.4, -0.2) is 22.1 Å². The minimum Gasteiger partial charge on any atom is -0.458 e. The highest BCUT2D eigenvalue weighted by molar-refractivity contribution is 7.07. The Bertz CT molecular complexity index is 1470. The monoisotopic (exact) mass is 461 g/mol. The quantitative estimate of drug-likeness (QED) is 0.243. The molecule has 0 saturated heterocycles. The minimum absolute atomic E-state index is 0.0360. The minimum atomic E-state index is -0.716. The van der Waals surface area contributed by atoms with E-state index in [2.05, 4.69) is 11.6 Å². The van der Waals surface area contributed by atoms with Gasteiger partial charge in [0.2, 0.25) is 0 Å². The molecule has 0 saturated carbocycles. The summed E-state index contributed by atoms with van der Waals surface area (Å²) < 4.78 is 7.11. The predicted molar refractivity (Wildman–Crippen MR) is 124 cm³/mol. The lowest BCUT2D eigenvalue weighted by Gasteiger charge is -2.24. The van der Waals surface area contributed by atoms with Crippen molar-refractivity contribution in [3.05, 3.63) is 119 Å². The largest absolute Gasteiger partial charge is 0.458 e. The van der Waals surface area contributed by atoms with E-state index in [1.807, 2.05) is 30.3 Å². The summed E-state index contributed by atoms with van der Waals surface area (Å²) in [5, 5.41) is 11.1. The average Bonchev–Trinajstić information content (AvgIpc) is 3.11. The molecule has 0 aliphatic carbocycles. The van der Waals surface area contributed by atoms with Gasteiger partial charge in [0.05, 0.1) is 26.8 Å². The van der Waals surface area contributed by atoms with Gasteiger partial charge in [0, 0.05) is 12.1 Å². The highest BCUT2D eigenvalue weighted by Crippen LogP contribution is 2.30. The molecule has 1 aliphatic heterocycles. The fourth-order valence-electron chi connectivity index (χ4n) is 3.63. The molecule has 3 aromatic rings. The van der Waals surface area contributed by atoms with E-state index in [-0.39, 0.29) is 23.4 Å². The van der Waals surface area contributed by atoms with Gasteiger partial charge in [-0.05, 0) is 24.1 Å². The maximum Gasteiger partial charge on any atom is 0.338 e. The van der Waals surface area contributed by atoms with Crippen LogP contribution in [0.25, 0.3) is 6.08 Å². The van der Waals surface area contributed by atoms with Gasteiger partial charge in [0.25, 0.3) is 11.2 Å². The summed E-state index contributed by atoms with van der Waals surface area (Å²) in [4.78, 5) is 41.9. The first kappa shape index (κ1) is 22.1. The number of nitro benzene ring substituents is 1. The van der Waals surface area contributed by atoms with Crippen LogP contribution >= 0.6 is 11.3 Å². The summed E-state index contributed by atoms with van der Waals surface area (Å²) in [6.45, 7) is 5.31. The molecule has 1 aliphatic rings. The molecule has 2 aromatic carbocycles. The van der Waals surface area contributed by atoms with Gasteiger partial charge in [-0.15, -0.1) is 0 Å². The predicted octanol–water partition coefficient (Wildman–Crippen LogP) is 2.87. The summed E-state index contributed by atoms with van der Waals surface area (Å²) in [5.74, 6) is -0.571. The van der Waals surface area contributed by atoms with Gasteiger partial charge in [-0.3, -0.25) is 19.5 Å². The molecular formula is C24H19N3O5S. The van der Waals surface area contributed by atoms with Crippen LogP contribution in [0.2, 0.25) is 0 Å². The average molecular weight is 461 g/mol. The Labute approximate surface area is 192 Å². The first-order valence-electron chi connectivity index (χ1n) is 10.0. The van der Waals surface area contributed by atoms with Gasteiger partial charge in [0.1, 0.15) is 6.61 Å². The molecule has 0 N–H and O–H groups in total. The van der Waals surface area contributed by atoms with Crippen LogP contribution in [0.1, 0.15) is 24.1 Å². The maximum absolute atomic E-state index is 13.5. The second kappa shape index (κ2) is 9.17. The van der Waals surface area contributed by atoms with Crippen molar-refractivity contribution in [1.29, 1.82) is 0 Å². The molecule has 1 aromatic heterocycles. The highest BCUT2D eigenvalue weighted by Gasteiger charge is 2.33. The number of carbonyl (C=O) groups is 1. The van der Waals surface area contributed by atoms with Gasteiger partial charge in [-0.2, -0.15) is 0 Å². The van der Waals surface area contributed by atoms with Crippen LogP contribution < -0.4 is 14.9 Å². The Morgan fingerprint density at radius 2 is 2.03 bits per heavy atom. The van der Waals surface area contributed by atoms with Gasteiger partial charge < -0.3 is 4.74 Å². The van der Waals surface area contributed by atoms with Gasteiger partial charge in [-0.25, -0.2) is 9.79 Å². The summed E-state index contributed by atoms with van der Waals surface area (Å²) in [5.41, 5.74) is 1.58. The van der Waals surface area contributed by atoms with Crippen LogP contribution in [0, 0.1) is 10.1 Å². The highest BCUT2D eigenvalue weighted by atomic mass is 32.1. The summed E-state index contributed by atoms with van der Waals surface area (Å²) >= 11 is 1.16. The number of rotatable bonds is 6. The first-order valence-corrected chi connectivity index (χ1v) is 10.8. The van der Waals surface area contributed by atoms with E-state index >= 15 is 0 Å². The molecule has 0 radical (unpaired) electrons. The molecule has 0 fully saturated rings. The Hall–Kier alpha value is -4.11. The number of esters is 1. The fraction of sp³-hybridized carbons (Fsp3) is 0.125. The van der Waals surface area contributed by atoms with Crippen LogP contribution in [0.15, 0.2) is 88.3 Å². The number of allylic oxidation sites excluding steroid dienone is 1. The van der Waals surface area contributed by atoms with E-state index < -0.39 is 16.9 Å². The number of non-ortho nitro benzene ring substituents is 1. The number of ether oxygens (including phenoxy) is 1. The Morgan fingerprint density at radius 1 is 1.27 bits per heavy atom. The van der Waals surface area contributed by atoms with Crippen molar-refractivity contribution >= 4 is 29.1 Å². The SMILES string of the molecule is C=CCOC(=O)C1=C(C)N=c2sc(=Cc3cccc([N+](=O)[O-])c3)c(=O)n2C1c1ccccc1. The van der Waals surface area contributed by atoms with E-state index in [4.69, 9.17) is 4.74 Å². The third kappa shape index (κ3) is 4.31. The number of nitrogens with zero attached hydrogens (tertiary/aromatic N) is 3. The lowest BCUT2D eigenvalue weighted by molar-refractivity contribution is -0.384. The van der Waals surface area contributed by atoms with E-state index in [1.165, 1.54) is 22.8 Å². The number of fused-ring (bicyclic) bond motifs is 1. The normalized spacial score (nSPS) is 15.5. The molecule has 2 heterocycles. The number of benzene rings is 2. The number of hydrogen-bond donors (Lipinski definition) is 0. The van der Waals surface area contributed by atoms with Crippen molar-refractivity contribution in [2.75, 3.05) is 6.61 Å². The molecule has 4 rings (SSSR count). The van der Waals surface area contributed by atoms with Crippen molar-refractivity contribution < 1.29 is 14.5 Å². The van der Waals surface area contributed by atoms with Crippen molar-refractivity contribution in [3.8, 4) is 0 Å². The molecule has 33 heavy (non-hydrogen) atoms. The third-order valence-electron chi connectivity index (χ3n) is 5.07. The van der Waals surface area contributed by atoms with Crippen LogP contribution in [0.5, 0.6) is 0 Å². The second-order valence-electron chi connectivity index (χ2n) is 7.23. The Morgan fingerprint density at radius 3 is 2.73 bits per heavy atom. The molecule has 0 amide bonds. The number of hydrogen-bond acceptors (Lipinski definition) is 7. The molecular weight excluding hydrogens is 442 g/mol. The Kier molecular flexibility index (Phi) is 6.14. The van der Waals surface area contributed by atoms with Gasteiger partial charge in [0.15, 0.2) is 4.80 Å². The van der Waals surface area contributed by atoms with Crippen molar-refractivity contribution in [1.82, 2.24) is 4.57 Å². The maximum atomic E-state index is 13.5. The fourth-order valence-corrected chi connectivity index (χ4v) is 4.67. The molecule has 9 heteroatoms. The van der Waals surface area contributed by atoms with Crippen LogP contribution in [0.3, 0.4) is 0 Å². The number of nitro groups is 1. The lowest BCUT2D eigenvalue weighted by Crippen LogP contribution is -2.39. The summed E-state index contributed by atoms with van der Waals surface area (Å²) in [7, 11) is 0. The molecule has 0 bridgehead atoms. The standard InChI is InChI=1S/C24H19N3O5S/c1-3-12-32-23(29)20-15(2)25-24-26(21(20)17-9-5-4-6-10-17)22(28)19(33-24)14-16-8-7-11-18(13-16)27(30)31/h3-11,13-14,21H,1,12H2,2H3. The summed E-state index contributed by atoms with van der Waals surface area (Å²) in [6, 6.07) is 14.5. The molecule has 1 atom stereocenters. The zero-order valence-corrected chi connectivity index (χ0v) is 18.5. The molecule has 0 spiro atoms. The zero-order valence-electron chi connectivity index (χ0n) is 17.6. The Balaban J connectivity index is 1.91. The topological polar surface area (TPSA) is 104 Å². The summed E-state index contributed by atoms with van der Waals surface area (Å²) in [6.07, 6.45) is 3.06. The van der Waals surface area contributed by atoms with Crippen molar-refractivity contribution in [3.63, 3.8) is 0 Å². The van der Waals surface area contributed by atoms with Gasteiger partial charge >= 0.3 is 5.97 Å². The number of carbonyl (C=O) groups excluding carboxylic acids is 1. The molecule has 1 unspecified atom stereocenters. The number of thiazole rings is 1. The first-order chi connectivity index (χ1) is 15.9. The second-order valence-corrected chi connectivity index (χ2v) is 8.24. The lowest BCUT2D eigenvalue weighted by atomic mass is 9.96. The van der Waals surface area contributed by atoms with E-state index in [0.29, 0.717) is 20.6 Å². The third-order valence-corrected chi connectivity index (χ3v) is 6.05. The smallest absolute Gasteiger partial charge is 0.338 e. The van der Waals surface area contributed by atoms with E-state index in [1.54, 1.807) is 25.1 Å². The van der Waals surface area contributed by atoms with E-state index in [9.17, 15) is 19.7 Å². The molecule has 8 nitrogen and oxygen atoms in total. The zero-order chi connectivity index (χ0) is 23.5. The van der Waals surface area contributed by atoms with Crippen molar-refractivity contribution in [2.24, 2.45) is 4.99 Å². The van der Waals surface area contributed by atoms with Crippen LogP contribution in [-0.2, 0) is 9.53 Å². The molecule has 166 valence electrons.